The Labute approximate surface area is 191 Å². The lowest BCUT2D eigenvalue weighted by atomic mass is 10.1. The molecule has 8 nitrogen and oxygen atoms in total. The number of amides is 1. The molecule has 0 saturated carbocycles. The van der Waals surface area contributed by atoms with Gasteiger partial charge in [0.1, 0.15) is 5.82 Å². The highest BCUT2D eigenvalue weighted by atomic mass is 16.5. The summed E-state index contributed by atoms with van der Waals surface area (Å²) in [5, 5.41) is 12.3. The van der Waals surface area contributed by atoms with E-state index in [0.29, 0.717) is 42.9 Å². The van der Waals surface area contributed by atoms with E-state index in [1.54, 1.807) is 4.57 Å². The maximum Gasteiger partial charge on any atom is 0.263 e. The molecule has 170 valence electrons. The van der Waals surface area contributed by atoms with E-state index in [-0.39, 0.29) is 17.6 Å². The fourth-order valence-electron chi connectivity index (χ4n) is 4.34. The molecule has 0 spiro atoms. The Kier molecular flexibility index (Phi) is 5.92. The van der Waals surface area contributed by atoms with Crippen LogP contribution in [0.25, 0.3) is 16.7 Å². The van der Waals surface area contributed by atoms with Crippen molar-refractivity contribution in [3.05, 3.63) is 75.8 Å². The first kappa shape index (κ1) is 21.3. The van der Waals surface area contributed by atoms with E-state index in [1.165, 1.54) is 0 Å². The van der Waals surface area contributed by atoms with E-state index in [2.05, 4.69) is 15.5 Å². The number of aromatic nitrogens is 4. The van der Waals surface area contributed by atoms with Crippen molar-refractivity contribution in [2.45, 2.75) is 45.3 Å². The molecule has 1 aliphatic heterocycles. The van der Waals surface area contributed by atoms with Gasteiger partial charge < -0.3 is 10.1 Å². The van der Waals surface area contributed by atoms with Gasteiger partial charge in [-0.1, -0.05) is 42.0 Å². The van der Waals surface area contributed by atoms with E-state index >= 15 is 0 Å². The molecule has 1 aliphatic rings. The monoisotopic (exact) mass is 445 g/mol. The Morgan fingerprint density at radius 3 is 2.76 bits per heavy atom. The number of fused-ring (bicyclic) bond motifs is 3. The Morgan fingerprint density at radius 1 is 1.15 bits per heavy atom. The number of carbonyl (C=O) groups is 1. The summed E-state index contributed by atoms with van der Waals surface area (Å²) in [5.74, 6) is 1.10. The number of nitrogens with zero attached hydrogens (tertiary/aromatic N) is 4. The molecule has 33 heavy (non-hydrogen) atoms. The fourth-order valence-corrected chi connectivity index (χ4v) is 4.34. The largest absolute Gasteiger partial charge is 0.376 e. The molecular formula is C25H27N5O3. The van der Waals surface area contributed by atoms with Crippen LogP contribution in [-0.2, 0) is 22.5 Å². The molecule has 0 aliphatic carbocycles. The third-order valence-corrected chi connectivity index (χ3v) is 6.16. The zero-order valence-electron chi connectivity index (χ0n) is 18.7. The Bertz CT molecular complexity index is 1350. The van der Waals surface area contributed by atoms with Crippen LogP contribution in [-0.4, -0.2) is 44.3 Å². The predicted molar refractivity (Wildman–Crippen MR) is 125 cm³/mol. The number of hydrogen-bond acceptors (Lipinski definition) is 5. The van der Waals surface area contributed by atoms with Crippen LogP contribution in [0.4, 0.5) is 0 Å². The summed E-state index contributed by atoms with van der Waals surface area (Å²) in [6.07, 6.45) is 2.86. The molecule has 2 aromatic carbocycles. The first-order valence-electron chi connectivity index (χ1n) is 11.4. The normalized spacial score (nSPS) is 16.0. The summed E-state index contributed by atoms with van der Waals surface area (Å²) < 4.78 is 9.12. The zero-order valence-corrected chi connectivity index (χ0v) is 18.7. The number of benzene rings is 2. The lowest BCUT2D eigenvalue weighted by Gasteiger charge is -2.12. The van der Waals surface area contributed by atoms with Crippen LogP contribution in [0.2, 0.25) is 0 Å². The third-order valence-electron chi connectivity index (χ3n) is 6.16. The lowest BCUT2D eigenvalue weighted by Crippen LogP contribution is -2.32. The molecule has 1 saturated heterocycles. The molecule has 2 aromatic heterocycles. The van der Waals surface area contributed by atoms with Crippen LogP contribution in [0.15, 0.2) is 53.3 Å². The molecule has 3 heterocycles. The molecule has 5 rings (SSSR count). The fraction of sp³-hybridized carbons (Fsp3) is 0.360. The van der Waals surface area contributed by atoms with Crippen molar-refractivity contribution in [2.24, 2.45) is 0 Å². The van der Waals surface area contributed by atoms with Crippen molar-refractivity contribution in [1.29, 1.82) is 0 Å². The highest BCUT2D eigenvalue weighted by molar-refractivity contribution is 5.80. The number of ether oxygens (including phenoxy) is 1. The quantitative estimate of drug-likeness (QED) is 0.472. The molecule has 4 aromatic rings. The second-order valence-electron chi connectivity index (χ2n) is 8.58. The number of aryl methyl sites for hydroxylation is 2. The summed E-state index contributed by atoms with van der Waals surface area (Å²) in [7, 11) is 0. The van der Waals surface area contributed by atoms with Gasteiger partial charge in [-0.05, 0) is 37.5 Å². The van der Waals surface area contributed by atoms with Crippen molar-refractivity contribution in [3.8, 4) is 0 Å². The molecule has 1 N–H and O–H groups in total. The van der Waals surface area contributed by atoms with Gasteiger partial charge in [0.2, 0.25) is 11.7 Å². The van der Waals surface area contributed by atoms with E-state index < -0.39 is 0 Å². The van der Waals surface area contributed by atoms with Gasteiger partial charge in [0.15, 0.2) is 0 Å². The zero-order chi connectivity index (χ0) is 22.8. The van der Waals surface area contributed by atoms with Gasteiger partial charge in [-0.15, -0.1) is 10.2 Å². The molecule has 1 fully saturated rings. The molecule has 0 unspecified atom stereocenters. The summed E-state index contributed by atoms with van der Waals surface area (Å²) in [5.41, 5.74) is 2.82. The minimum Gasteiger partial charge on any atom is -0.376 e. The van der Waals surface area contributed by atoms with Crippen LogP contribution in [0.5, 0.6) is 0 Å². The molecule has 1 amide bonds. The van der Waals surface area contributed by atoms with Gasteiger partial charge in [0.25, 0.3) is 5.56 Å². The second kappa shape index (κ2) is 9.15. The highest BCUT2D eigenvalue weighted by Crippen LogP contribution is 2.17. The van der Waals surface area contributed by atoms with Crippen molar-refractivity contribution in [1.82, 2.24) is 24.5 Å². The van der Waals surface area contributed by atoms with E-state index in [9.17, 15) is 9.59 Å². The average molecular weight is 446 g/mol. The maximum atomic E-state index is 13.3. The molecule has 8 heteroatoms. The van der Waals surface area contributed by atoms with Gasteiger partial charge in [0.05, 0.1) is 23.6 Å². The van der Waals surface area contributed by atoms with Crippen molar-refractivity contribution < 1.29 is 9.53 Å². The van der Waals surface area contributed by atoms with Crippen molar-refractivity contribution in [3.63, 3.8) is 0 Å². The minimum absolute atomic E-state index is 0.0421. The van der Waals surface area contributed by atoms with E-state index in [1.807, 2.05) is 59.9 Å². The van der Waals surface area contributed by atoms with Gasteiger partial charge in [0, 0.05) is 26.0 Å². The van der Waals surface area contributed by atoms with Crippen LogP contribution < -0.4 is 10.9 Å². The molecule has 0 bridgehead atoms. The molecular weight excluding hydrogens is 418 g/mol. The van der Waals surface area contributed by atoms with Crippen LogP contribution >= 0.6 is 0 Å². The predicted octanol–water partition coefficient (Wildman–Crippen LogP) is 2.63. The van der Waals surface area contributed by atoms with Crippen LogP contribution in [0.3, 0.4) is 0 Å². The molecule has 0 radical (unpaired) electrons. The smallest absolute Gasteiger partial charge is 0.263 e. The first-order chi connectivity index (χ1) is 16.1. The topological polar surface area (TPSA) is 90.5 Å². The van der Waals surface area contributed by atoms with Gasteiger partial charge in [-0.25, -0.2) is 0 Å². The summed E-state index contributed by atoms with van der Waals surface area (Å²) in [6.45, 7) is 3.74. The highest BCUT2D eigenvalue weighted by Gasteiger charge is 2.19. The lowest BCUT2D eigenvalue weighted by molar-refractivity contribution is -0.121. The van der Waals surface area contributed by atoms with Crippen molar-refractivity contribution in [2.75, 3.05) is 13.2 Å². The molecule has 1 atom stereocenters. The summed E-state index contributed by atoms with van der Waals surface area (Å²) in [6, 6.07) is 15.6. The van der Waals surface area contributed by atoms with Gasteiger partial charge >= 0.3 is 0 Å². The standard InChI is InChI=1S/C25H27N5O3/c1-17-8-10-18(11-9-17)16-29-24(32)20-6-2-3-7-21(20)30-22(27-28-25(29)30)12-13-23(31)26-15-19-5-4-14-33-19/h2-3,6-11,19H,4-5,12-16H2,1H3,(H,26,31)/t19-/m0/s1. The Balaban J connectivity index is 1.45. The maximum absolute atomic E-state index is 13.3. The SMILES string of the molecule is Cc1ccc(Cn2c(=O)c3ccccc3n3c(CCC(=O)NC[C@@H]4CCCO4)nnc23)cc1. The van der Waals surface area contributed by atoms with Gasteiger partial charge in [-0.2, -0.15) is 0 Å². The number of nitrogens with one attached hydrogen (secondary N) is 1. The average Bonchev–Trinajstić information content (AvgIpc) is 3.50. The Morgan fingerprint density at radius 2 is 1.97 bits per heavy atom. The first-order valence-corrected chi connectivity index (χ1v) is 11.4. The minimum atomic E-state index is -0.105. The number of hydrogen-bond donors (Lipinski definition) is 1. The van der Waals surface area contributed by atoms with Crippen LogP contribution in [0.1, 0.15) is 36.2 Å². The van der Waals surface area contributed by atoms with Crippen LogP contribution in [0, 0.1) is 6.92 Å². The number of para-hydroxylation sites is 1. The number of rotatable bonds is 7. The summed E-state index contributed by atoms with van der Waals surface area (Å²) >= 11 is 0. The Hall–Kier alpha value is -3.52. The number of carbonyl (C=O) groups excluding carboxylic acids is 1. The van der Waals surface area contributed by atoms with E-state index in [0.717, 1.165) is 36.1 Å². The van der Waals surface area contributed by atoms with Crippen molar-refractivity contribution >= 4 is 22.6 Å². The van der Waals surface area contributed by atoms with Gasteiger partial charge in [-0.3, -0.25) is 18.6 Å². The van der Waals surface area contributed by atoms with E-state index in [4.69, 9.17) is 4.74 Å². The second-order valence-corrected chi connectivity index (χ2v) is 8.58. The summed E-state index contributed by atoms with van der Waals surface area (Å²) in [4.78, 5) is 25.7. The third kappa shape index (κ3) is 4.39.